The Morgan fingerprint density at radius 2 is 1.23 bits per heavy atom. The molecule has 1 atom stereocenters. The highest BCUT2D eigenvalue weighted by Crippen LogP contribution is 2.20. The zero-order chi connectivity index (χ0) is 20.7. The van der Waals surface area contributed by atoms with Crippen molar-refractivity contribution in [1.29, 1.82) is 0 Å². The molecule has 0 aromatic rings. The summed E-state index contributed by atoms with van der Waals surface area (Å²) in [6.07, 6.45) is -2.56. The van der Waals surface area contributed by atoms with Gasteiger partial charge in [0, 0.05) is 6.42 Å². The van der Waals surface area contributed by atoms with Crippen LogP contribution in [0.4, 0.5) is 9.59 Å². The summed E-state index contributed by atoms with van der Waals surface area (Å²) >= 11 is 0. The number of rotatable bonds is 5. The molecule has 0 saturated heterocycles. The van der Waals surface area contributed by atoms with Crippen LogP contribution in [0, 0.1) is 0 Å². The molecule has 0 N–H and O–H groups in total. The Hall–Kier alpha value is -2.32. The predicted molar refractivity (Wildman–Crippen MR) is 91.4 cm³/mol. The average molecular weight is 375 g/mol. The van der Waals surface area contributed by atoms with Crippen molar-refractivity contribution < 1.29 is 38.1 Å². The van der Waals surface area contributed by atoms with Crippen molar-refractivity contribution in [3.05, 3.63) is 0 Å². The molecule has 0 aliphatic heterocycles. The van der Waals surface area contributed by atoms with Crippen molar-refractivity contribution in [2.75, 3.05) is 14.2 Å². The lowest BCUT2D eigenvalue weighted by molar-refractivity contribution is -0.148. The number of hydrogen-bond donors (Lipinski definition) is 0. The molecule has 2 amide bonds. The summed E-state index contributed by atoms with van der Waals surface area (Å²) in [4.78, 5) is 49.2. The van der Waals surface area contributed by atoms with E-state index in [0.29, 0.717) is 4.90 Å². The number of methoxy groups -OCH3 is 2. The molecule has 150 valence electrons. The molecule has 9 nitrogen and oxygen atoms in total. The summed E-state index contributed by atoms with van der Waals surface area (Å²) in [6.45, 7) is 9.67. The lowest BCUT2D eigenvalue weighted by Gasteiger charge is -2.32. The van der Waals surface area contributed by atoms with Crippen molar-refractivity contribution in [3.63, 3.8) is 0 Å². The highest BCUT2D eigenvalue weighted by molar-refractivity contribution is 5.94. The third-order valence-electron chi connectivity index (χ3n) is 2.81. The first-order chi connectivity index (χ1) is 11.7. The largest absolute Gasteiger partial charge is 0.469 e. The Kier molecular flexibility index (Phi) is 8.56. The molecule has 0 aromatic carbocycles. The van der Waals surface area contributed by atoms with Gasteiger partial charge < -0.3 is 18.9 Å². The maximum atomic E-state index is 12.5. The number of ether oxygens (including phenoxy) is 4. The molecule has 0 aliphatic carbocycles. The smallest absolute Gasteiger partial charge is 0.420 e. The maximum absolute atomic E-state index is 12.5. The molecule has 0 aromatic heterocycles. The third kappa shape index (κ3) is 8.68. The number of esters is 2. The van der Waals surface area contributed by atoms with E-state index in [4.69, 9.17) is 9.47 Å². The quantitative estimate of drug-likeness (QED) is 0.533. The molecule has 1 unspecified atom stereocenters. The summed E-state index contributed by atoms with van der Waals surface area (Å²) in [5.74, 6) is -1.49. The van der Waals surface area contributed by atoms with Gasteiger partial charge in [0.25, 0.3) is 0 Å². The molecule has 9 heteroatoms. The molecule has 26 heavy (non-hydrogen) atoms. The van der Waals surface area contributed by atoms with E-state index in [1.54, 1.807) is 41.5 Å². The fourth-order valence-electron chi connectivity index (χ4n) is 1.80. The lowest BCUT2D eigenvalue weighted by Crippen LogP contribution is -2.52. The Bertz CT molecular complexity index is 502. The summed E-state index contributed by atoms with van der Waals surface area (Å²) < 4.78 is 19.6. The van der Waals surface area contributed by atoms with Crippen LogP contribution in [-0.2, 0) is 28.5 Å². The van der Waals surface area contributed by atoms with Gasteiger partial charge in [-0.15, -0.1) is 0 Å². The van der Waals surface area contributed by atoms with Crippen LogP contribution in [0.3, 0.4) is 0 Å². The zero-order valence-electron chi connectivity index (χ0n) is 16.7. The van der Waals surface area contributed by atoms with E-state index >= 15 is 0 Å². The minimum atomic E-state index is -1.40. The maximum Gasteiger partial charge on any atom is 0.420 e. The molecule has 0 bridgehead atoms. The first kappa shape index (κ1) is 23.7. The number of imide groups is 1. The second-order valence-electron chi connectivity index (χ2n) is 7.48. The van der Waals surface area contributed by atoms with Gasteiger partial charge in [-0.3, -0.25) is 4.79 Å². The van der Waals surface area contributed by atoms with Crippen molar-refractivity contribution in [2.24, 2.45) is 0 Å². The first-order valence-electron chi connectivity index (χ1n) is 8.11. The topological polar surface area (TPSA) is 108 Å². The standard InChI is InChI=1S/C17H29NO8/c1-16(2,3)25-14(21)18(15(22)26-17(4,5)6)11(13(20)24-8)9-10-12(19)23-7/h11H,9-10H2,1-8H3. The van der Waals surface area contributed by atoms with E-state index in [2.05, 4.69) is 9.47 Å². The molecule has 0 fully saturated rings. The molecular weight excluding hydrogens is 346 g/mol. The highest BCUT2D eigenvalue weighted by atomic mass is 16.6. The molecule has 0 rings (SSSR count). The molecule has 0 aliphatic rings. The van der Waals surface area contributed by atoms with Crippen LogP contribution in [0.15, 0.2) is 0 Å². The van der Waals surface area contributed by atoms with E-state index in [0.717, 1.165) is 7.11 Å². The number of carbonyl (C=O) groups is 4. The minimum Gasteiger partial charge on any atom is -0.469 e. The van der Waals surface area contributed by atoms with Crippen molar-refractivity contribution >= 4 is 24.1 Å². The first-order valence-corrected chi connectivity index (χ1v) is 8.11. The molecular formula is C17H29NO8. The van der Waals surface area contributed by atoms with Gasteiger partial charge in [-0.1, -0.05) is 0 Å². The van der Waals surface area contributed by atoms with Crippen molar-refractivity contribution in [2.45, 2.75) is 71.6 Å². The number of carbonyl (C=O) groups excluding carboxylic acids is 4. The summed E-state index contributed by atoms with van der Waals surface area (Å²) in [5, 5.41) is 0. The average Bonchev–Trinajstić information content (AvgIpc) is 2.46. The van der Waals surface area contributed by atoms with Crippen molar-refractivity contribution in [3.8, 4) is 0 Å². The lowest BCUT2D eigenvalue weighted by atomic mass is 10.1. The fraction of sp³-hybridized carbons (Fsp3) is 0.765. The van der Waals surface area contributed by atoms with Gasteiger partial charge in [0.05, 0.1) is 14.2 Å². The predicted octanol–water partition coefficient (Wildman–Crippen LogP) is 2.65. The summed E-state index contributed by atoms with van der Waals surface area (Å²) in [5.41, 5.74) is -1.83. The van der Waals surface area contributed by atoms with Crippen LogP contribution in [0.2, 0.25) is 0 Å². The third-order valence-corrected chi connectivity index (χ3v) is 2.81. The Morgan fingerprint density at radius 1 is 0.808 bits per heavy atom. The van der Waals surface area contributed by atoms with Gasteiger partial charge in [-0.25, -0.2) is 14.4 Å². The number of nitrogens with zero attached hydrogens (tertiary/aromatic N) is 1. The van der Waals surface area contributed by atoms with E-state index in [1.165, 1.54) is 7.11 Å². The number of amides is 2. The van der Waals surface area contributed by atoms with Gasteiger partial charge in [-0.2, -0.15) is 4.90 Å². The molecule has 0 spiro atoms. The Labute approximate surface area is 153 Å². The SMILES string of the molecule is COC(=O)CCC(C(=O)OC)N(C(=O)OC(C)(C)C)C(=O)OC(C)(C)C. The normalized spacial score (nSPS) is 12.6. The molecule has 0 saturated carbocycles. The Morgan fingerprint density at radius 3 is 1.54 bits per heavy atom. The van der Waals surface area contributed by atoms with Crippen LogP contribution in [0.1, 0.15) is 54.4 Å². The van der Waals surface area contributed by atoms with Crippen LogP contribution >= 0.6 is 0 Å². The van der Waals surface area contributed by atoms with Crippen molar-refractivity contribution in [1.82, 2.24) is 4.90 Å². The Balaban J connectivity index is 5.77. The van der Waals surface area contributed by atoms with Gasteiger partial charge in [0.2, 0.25) is 0 Å². The van der Waals surface area contributed by atoms with Gasteiger partial charge in [0.15, 0.2) is 0 Å². The van der Waals surface area contributed by atoms with Crippen LogP contribution in [0.25, 0.3) is 0 Å². The summed E-state index contributed by atoms with van der Waals surface area (Å²) in [6, 6.07) is -1.40. The second kappa shape index (κ2) is 9.40. The van der Waals surface area contributed by atoms with Crippen LogP contribution in [-0.4, -0.2) is 60.5 Å². The van der Waals surface area contributed by atoms with E-state index in [-0.39, 0.29) is 12.8 Å². The fourth-order valence-corrected chi connectivity index (χ4v) is 1.80. The van der Waals surface area contributed by atoms with Crippen LogP contribution < -0.4 is 0 Å². The second-order valence-corrected chi connectivity index (χ2v) is 7.48. The van der Waals surface area contributed by atoms with Crippen LogP contribution in [0.5, 0.6) is 0 Å². The highest BCUT2D eigenvalue weighted by Gasteiger charge is 2.41. The molecule has 0 heterocycles. The van der Waals surface area contributed by atoms with E-state index in [9.17, 15) is 19.2 Å². The van der Waals surface area contributed by atoms with Gasteiger partial charge in [0.1, 0.15) is 17.2 Å². The van der Waals surface area contributed by atoms with Gasteiger partial charge in [-0.05, 0) is 48.0 Å². The monoisotopic (exact) mass is 375 g/mol. The summed E-state index contributed by atoms with van der Waals surface area (Å²) in [7, 11) is 2.30. The van der Waals surface area contributed by atoms with E-state index < -0.39 is 41.4 Å². The van der Waals surface area contributed by atoms with Gasteiger partial charge >= 0.3 is 24.1 Å². The zero-order valence-corrected chi connectivity index (χ0v) is 16.7. The number of hydrogen-bond acceptors (Lipinski definition) is 8. The van der Waals surface area contributed by atoms with E-state index in [1.807, 2.05) is 0 Å². The minimum absolute atomic E-state index is 0.197. The molecule has 0 radical (unpaired) electrons.